The van der Waals surface area contributed by atoms with Gasteiger partial charge >= 0.3 is 0 Å². The molecule has 3 aliphatic heterocycles. The van der Waals surface area contributed by atoms with Crippen molar-refractivity contribution in [2.75, 3.05) is 5.32 Å². The van der Waals surface area contributed by atoms with E-state index in [2.05, 4.69) is 5.32 Å². The lowest BCUT2D eigenvalue weighted by Crippen LogP contribution is -2.99. The molecule has 1 aliphatic carbocycles. The van der Waals surface area contributed by atoms with Crippen LogP contribution < -0.4 is 10.6 Å². The van der Waals surface area contributed by atoms with Crippen molar-refractivity contribution in [3.63, 3.8) is 0 Å². The molecular weight excluding hydrogens is 450 g/mol. The summed E-state index contributed by atoms with van der Waals surface area (Å²) >= 11 is 6.37. The normalized spacial score (nSPS) is 30.7. The molecule has 0 unspecified atom stereocenters. The molecule has 176 valence electrons. The van der Waals surface area contributed by atoms with Crippen LogP contribution in [0, 0.1) is 18.8 Å². The molecule has 34 heavy (non-hydrogen) atoms. The summed E-state index contributed by atoms with van der Waals surface area (Å²) in [4.78, 5) is 43.2. The molecule has 3 amide bonds. The maximum atomic E-state index is 14.0. The number of carbonyl (C=O) groups excluding carboxylic acids is 3. The standard InChI is InChI=1S/C27H28ClN3O3/c1-15-19(28)13-12-18-23(15)29-26(34)27(18)22-21(20(30-27)14-16-8-4-2-5-9-16)24(32)31(25(22)33)17-10-6-3-7-11-17/h2,4-5,8-9,12-13,17,20-22,30H,3,6-7,10-11,14H2,1H3,(H,29,34)/p+1/t20-,21+,22-,27-/m0/s1. The molecule has 2 saturated heterocycles. The van der Waals surface area contributed by atoms with Crippen LogP contribution in [0.5, 0.6) is 0 Å². The molecule has 3 N–H and O–H groups in total. The van der Waals surface area contributed by atoms with E-state index >= 15 is 0 Å². The van der Waals surface area contributed by atoms with Gasteiger partial charge in [0.2, 0.25) is 17.4 Å². The van der Waals surface area contributed by atoms with Crippen molar-refractivity contribution in [3.8, 4) is 0 Å². The third kappa shape index (κ3) is 2.94. The van der Waals surface area contributed by atoms with Crippen molar-refractivity contribution < 1.29 is 19.7 Å². The second kappa shape index (κ2) is 7.92. The number of nitrogens with zero attached hydrogens (tertiary/aromatic N) is 1. The summed E-state index contributed by atoms with van der Waals surface area (Å²) in [5.74, 6) is -1.72. The molecule has 6 rings (SSSR count). The highest BCUT2D eigenvalue weighted by molar-refractivity contribution is 6.32. The Morgan fingerprint density at radius 2 is 1.76 bits per heavy atom. The summed E-state index contributed by atoms with van der Waals surface area (Å²) in [6.45, 7) is 1.88. The average Bonchev–Trinajstić information content (AvgIpc) is 3.42. The number of nitrogens with one attached hydrogen (secondary N) is 1. The maximum Gasteiger partial charge on any atom is 0.291 e. The van der Waals surface area contributed by atoms with Crippen LogP contribution in [0.3, 0.4) is 0 Å². The quantitative estimate of drug-likeness (QED) is 0.665. The third-order valence-corrected chi connectivity index (χ3v) is 8.94. The van der Waals surface area contributed by atoms with Crippen molar-refractivity contribution in [1.29, 1.82) is 0 Å². The molecule has 4 aliphatic rings. The van der Waals surface area contributed by atoms with Crippen LogP contribution in [0.25, 0.3) is 0 Å². The lowest BCUT2D eigenvalue weighted by atomic mass is 9.76. The van der Waals surface area contributed by atoms with Gasteiger partial charge in [-0.25, -0.2) is 0 Å². The number of benzene rings is 2. The highest BCUT2D eigenvalue weighted by Crippen LogP contribution is 2.51. The number of anilines is 1. The lowest BCUT2D eigenvalue weighted by molar-refractivity contribution is -0.733. The summed E-state index contributed by atoms with van der Waals surface area (Å²) in [5.41, 5.74) is 2.20. The molecule has 0 radical (unpaired) electrons. The van der Waals surface area contributed by atoms with E-state index < -0.39 is 17.4 Å². The van der Waals surface area contributed by atoms with Gasteiger partial charge in [-0.3, -0.25) is 19.3 Å². The number of rotatable bonds is 3. The van der Waals surface area contributed by atoms with Crippen molar-refractivity contribution in [2.24, 2.45) is 11.8 Å². The third-order valence-electron chi connectivity index (χ3n) is 8.53. The second-order valence-electron chi connectivity index (χ2n) is 10.3. The molecule has 4 atom stereocenters. The summed E-state index contributed by atoms with van der Waals surface area (Å²) in [6.07, 6.45) is 5.54. The Bertz CT molecular complexity index is 1190. The van der Waals surface area contributed by atoms with E-state index in [-0.39, 0.29) is 29.8 Å². The van der Waals surface area contributed by atoms with Crippen molar-refractivity contribution >= 4 is 35.0 Å². The second-order valence-corrected chi connectivity index (χ2v) is 10.7. The molecule has 1 saturated carbocycles. The zero-order valence-electron chi connectivity index (χ0n) is 19.2. The molecule has 1 spiro atoms. The van der Waals surface area contributed by atoms with Gasteiger partial charge in [0.25, 0.3) is 5.91 Å². The number of imide groups is 1. The van der Waals surface area contributed by atoms with Crippen LogP contribution in [0.1, 0.15) is 48.8 Å². The fraction of sp³-hybridized carbons (Fsp3) is 0.444. The van der Waals surface area contributed by atoms with Gasteiger partial charge in [-0.05, 0) is 43.0 Å². The van der Waals surface area contributed by atoms with Crippen LogP contribution in [-0.4, -0.2) is 34.7 Å². The van der Waals surface area contributed by atoms with Crippen LogP contribution in [0.2, 0.25) is 5.02 Å². The molecule has 0 aromatic heterocycles. The molecule has 2 aromatic rings. The molecule has 7 heteroatoms. The Morgan fingerprint density at radius 1 is 1.03 bits per heavy atom. The van der Waals surface area contributed by atoms with Crippen LogP contribution >= 0.6 is 11.6 Å². The van der Waals surface area contributed by atoms with Gasteiger partial charge in [0.15, 0.2) is 0 Å². The van der Waals surface area contributed by atoms with E-state index in [0.29, 0.717) is 17.1 Å². The average molecular weight is 479 g/mol. The Hall–Kier alpha value is -2.70. The number of nitrogens with two attached hydrogens (primary N) is 1. The number of carbonyl (C=O) groups is 3. The van der Waals surface area contributed by atoms with E-state index in [0.717, 1.165) is 48.8 Å². The first-order valence-corrected chi connectivity index (χ1v) is 12.7. The fourth-order valence-corrected chi connectivity index (χ4v) is 7.10. The highest BCUT2D eigenvalue weighted by Gasteiger charge is 2.74. The van der Waals surface area contributed by atoms with Gasteiger partial charge < -0.3 is 10.6 Å². The largest absolute Gasteiger partial charge is 0.326 e. The molecule has 6 nitrogen and oxygen atoms in total. The zero-order chi connectivity index (χ0) is 23.6. The fourth-order valence-electron chi connectivity index (χ4n) is 6.95. The SMILES string of the molecule is Cc1c(Cl)ccc2c1NC(=O)[C@]21[NH2+][C@@H](Cc2ccccc2)[C@H]2C(=O)N(C3CCCCC3)C(=O)[C@H]21. The molecular formula is C27H29ClN3O3+. The summed E-state index contributed by atoms with van der Waals surface area (Å²) < 4.78 is 0. The predicted molar refractivity (Wildman–Crippen MR) is 128 cm³/mol. The topological polar surface area (TPSA) is 83.1 Å². The summed E-state index contributed by atoms with van der Waals surface area (Å²) in [7, 11) is 0. The number of hydrogen-bond donors (Lipinski definition) is 2. The van der Waals surface area contributed by atoms with E-state index in [1.54, 1.807) is 11.0 Å². The van der Waals surface area contributed by atoms with Crippen LogP contribution in [0.4, 0.5) is 5.69 Å². The molecule has 0 bridgehead atoms. The molecule has 3 fully saturated rings. The minimum Gasteiger partial charge on any atom is -0.326 e. The molecule has 3 heterocycles. The summed E-state index contributed by atoms with van der Waals surface area (Å²) in [5, 5.41) is 5.61. The van der Waals surface area contributed by atoms with Crippen molar-refractivity contribution in [3.05, 3.63) is 64.2 Å². The monoisotopic (exact) mass is 478 g/mol. The van der Waals surface area contributed by atoms with Crippen LogP contribution in [0.15, 0.2) is 42.5 Å². The number of fused-ring (bicyclic) bond motifs is 4. The van der Waals surface area contributed by atoms with E-state index in [1.165, 1.54) is 0 Å². The van der Waals surface area contributed by atoms with Gasteiger partial charge in [0.05, 0.1) is 5.69 Å². The smallest absolute Gasteiger partial charge is 0.291 e. The lowest BCUT2D eigenvalue weighted by Gasteiger charge is -2.32. The maximum absolute atomic E-state index is 14.0. The van der Waals surface area contributed by atoms with Crippen molar-refractivity contribution in [1.82, 2.24) is 4.90 Å². The Labute approximate surface area is 204 Å². The van der Waals surface area contributed by atoms with Gasteiger partial charge in [-0.2, -0.15) is 0 Å². The van der Waals surface area contributed by atoms with Gasteiger partial charge in [-0.15, -0.1) is 0 Å². The Balaban J connectivity index is 1.48. The van der Waals surface area contributed by atoms with E-state index in [9.17, 15) is 14.4 Å². The Kier molecular flexibility index (Phi) is 5.08. The Morgan fingerprint density at radius 3 is 2.50 bits per heavy atom. The summed E-state index contributed by atoms with van der Waals surface area (Å²) in [6, 6.07) is 13.4. The van der Waals surface area contributed by atoms with Gasteiger partial charge in [0.1, 0.15) is 17.9 Å². The highest BCUT2D eigenvalue weighted by atomic mass is 35.5. The predicted octanol–water partition coefficient (Wildman–Crippen LogP) is 2.92. The van der Waals surface area contributed by atoms with Gasteiger partial charge in [-0.1, -0.05) is 61.2 Å². The first-order chi connectivity index (χ1) is 16.4. The number of hydrogen-bond acceptors (Lipinski definition) is 3. The van der Waals surface area contributed by atoms with Gasteiger partial charge in [0, 0.05) is 23.0 Å². The van der Waals surface area contributed by atoms with Crippen LogP contribution in [-0.2, 0) is 26.3 Å². The zero-order valence-corrected chi connectivity index (χ0v) is 20.0. The number of likely N-dealkylation sites (tertiary alicyclic amines) is 1. The number of halogens is 1. The minimum absolute atomic E-state index is 0.0512. The van der Waals surface area contributed by atoms with E-state index in [1.807, 2.05) is 48.6 Å². The first-order valence-electron chi connectivity index (χ1n) is 12.3. The minimum atomic E-state index is -1.15. The number of quaternary nitrogens is 1. The van der Waals surface area contributed by atoms with E-state index in [4.69, 9.17) is 11.6 Å². The molecule has 2 aromatic carbocycles. The first kappa shape index (κ1) is 21.8. The van der Waals surface area contributed by atoms with Crippen molar-refractivity contribution in [2.45, 2.75) is 63.1 Å². The number of amides is 3.